The van der Waals surface area contributed by atoms with Gasteiger partial charge in [-0.25, -0.2) is 4.98 Å². The maximum Gasteiger partial charge on any atom is 0.504 e. The molecule has 1 aromatic heterocycles. The van der Waals surface area contributed by atoms with Crippen LogP contribution in [0.25, 0.3) is 11.1 Å². The highest BCUT2D eigenvalue weighted by Gasteiger charge is 2.18. The summed E-state index contributed by atoms with van der Waals surface area (Å²) in [5, 5.41) is 11.7. The molecule has 0 aliphatic carbocycles. The summed E-state index contributed by atoms with van der Waals surface area (Å²) in [5.41, 5.74) is 3.46. The zero-order valence-electron chi connectivity index (χ0n) is 11.6. The fraction of sp³-hybridized carbons (Fsp3) is 0.143. The molecule has 1 aromatic carbocycles. The predicted molar refractivity (Wildman–Crippen MR) is 88.3 cm³/mol. The second kappa shape index (κ2) is 6.37. The van der Waals surface area contributed by atoms with Crippen molar-refractivity contribution in [3.8, 4) is 16.9 Å². The van der Waals surface area contributed by atoms with Crippen LogP contribution < -0.4 is 14.3 Å². The predicted octanol–water partition coefficient (Wildman–Crippen LogP) is 1.39. The lowest BCUT2D eigenvalue weighted by atomic mass is 9.95. The summed E-state index contributed by atoms with van der Waals surface area (Å²) in [7, 11) is -0.410. The molecule has 0 fully saturated rings. The maximum atomic E-state index is 11.8. The number of hydrogen-bond donors (Lipinski definition) is 3. The van der Waals surface area contributed by atoms with E-state index in [1.807, 2.05) is 18.2 Å². The molecule has 0 spiro atoms. The van der Waals surface area contributed by atoms with Crippen molar-refractivity contribution in [1.29, 1.82) is 0 Å². The molecule has 8 heteroatoms. The van der Waals surface area contributed by atoms with Crippen molar-refractivity contribution in [2.45, 2.75) is 6.42 Å². The Labute approximate surface area is 136 Å². The van der Waals surface area contributed by atoms with Gasteiger partial charge in [-0.15, -0.1) is 0 Å². The van der Waals surface area contributed by atoms with E-state index in [4.69, 9.17) is 9.68 Å². The lowest BCUT2D eigenvalue weighted by Gasteiger charge is -2.18. The van der Waals surface area contributed by atoms with Gasteiger partial charge < -0.3 is 19.3 Å². The van der Waals surface area contributed by atoms with E-state index < -0.39 is 7.69 Å². The molecule has 6 nitrogen and oxygen atoms in total. The Kier molecular flexibility index (Phi) is 4.30. The van der Waals surface area contributed by atoms with E-state index in [0.717, 1.165) is 23.1 Å². The lowest BCUT2D eigenvalue weighted by Crippen LogP contribution is -2.31. The number of amides is 1. The van der Waals surface area contributed by atoms with Crippen LogP contribution in [0.4, 0.5) is 5.82 Å². The third-order valence-electron chi connectivity index (χ3n) is 3.52. The first-order chi connectivity index (χ1) is 10.7. The van der Waals surface area contributed by atoms with E-state index in [0.29, 0.717) is 23.7 Å². The second-order valence-electron chi connectivity index (χ2n) is 4.81. The van der Waals surface area contributed by atoms with E-state index in [1.54, 1.807) is 6.07 Å². The van der Waals surface area contributed by atoms with Gasteiger partial charge in [0.2, 0.25) is 0 Å². The summed E-state index contributed by atoms with van der Waals surface area (Å²) < 4.78 is 7.94. The minimum absolute atomic E-state index is 0.0397. The highest BCUT2D eigenvalue weighted by atomic mass is 79.9. The van der Waals surface area contributed by atoms with Gasteiger partial charge >= 0.3 is 7.69 Å². The summed E-state index contributed by atoms with van der Waals surface area (Å²) in [5.74, 6) is 1.06. The molecular formula is C14H13BBrN3O3. The van der Waals surface area contributed by atoms with E-state index in [-0.39, 0.29) is 5.91 Å². The first kappa shape index (κ1) is 14.9. The van der Waals surface area contributed by atoms with Gasteiger partial charge in [-0.1, -0.05) is 12.1 Å². The molecule has 2 aromatic rings. The van der Waals surface area contributed by atoms with Crippen molar-refractivity contribution in [3.05, 3.63) is 41.6 Å². The van der Waals surface area contributed by atoms with Gasteiger partial charge in [0.1, 0.15) is 11.6 Å². The average Bonchev–Trinajstić information content (AvgIpc) is 2.55. The Morgan fingerprint density at radius 2 is 2.23 bits per heavy atom. The van der Waals surface area contributed by atoms with Crippen LogP contribution in [0.1, 0.15) is 15.9 Å². The van der Waals surface area contributed by atoms with E-state index in [9.17, 15) is 4.79 Å². The number of carbonyl (C=O) groups is 1. The fourth-order valence-corrected chi connectivity index (χ4v) is 2.81. The first-order valence-electron chi connectivity index (χ1n) is 6.75. The van der Waals surface area contributed by atoms with Crippen LogP contribution >= 0.6 is 16.1 Å². The van der Waals surface area contributed by atoms with Crippen molar-refractivity contribution < 1.29 is 14.5 Å². The number of rotatable bonds is 4. The van der Waals surface area contributed by atoms with Gasteiger partial charge in [-0.2, -0.15) is 0 Å². The summed E-state index contributed by atoms with van der Waals surface area (Å²) in [6.07, 6.45) is 2.32. The molecule has 0 radical (unpaired) electrons. The van der Waals surface area contributed by atoms with Gasteiger partial charge in [0.05, 0.1) is 6.20 Å². The van der Waals surface area contributed by atoms with Crippen LogP contribution in [-0.4, -0.2) is 30.1 Å². The highest BCUT2D eigenvalue weighted by Crippen LogP contribution is 2.32. The SMILES string of the molecule is O=C1NCCc2cc(-c3cc(OBO)cnc3NBr)ccc21. The summed E-state index contributed by atoms with van der Waals surface area (Å²) in [6.45, 7) is 0.644. The minimum Gasteiger partial charge on any atom is -0.538 e. The number of fused-ring (bicyclic) bond motifs is 1. The molecule has 3 N–H and O–H groups in total. The Morgan fingerprint density at radius 3 is 3.00 bits per heavy atom. The van der Waals surface area contributed by atoms with Gasteiger partial charge in [0, 0.05) is 33.8 Å². The number of benzene rings is 1. The third-order valence-corrected chi connectivity index (χ3v) is 3.90. The molecule has 1 aliphatic heterocycles. The summed E-state index contributed by atoms with van der Waals surface area (Å²) >= 11 is 3.19. The number of anilines is 1. The van der Waals surface area contributed by atoms with Gasteiger partial charge in [0.15, 0.2) is 0 Å². The molecule has 22 heavy (non-hydrogen) atoms. The molecule has 0 atom stereocenters. The van der Waals surface area contributed by atoms with Crippen LogP contribution in [0, 0.1) is 0 Å². The number of pyridine rings is 1. The van der Waals surface area contributed by atoms with Crippen LogP contribution in [0.5, 0.6) is 5.75 Å². The maximum absolute atomic E-state index is 11.8. The molecule has 112 valence electrons. The zero-order valence-corrected chi connectivity index (χ0v) is 13.2. The molecule has 0 saturated carbocycles. The molecule has 3 rings (SSSR count). The van der Waals surface area contributed by atoms with Crippen molar-refractivity contribution >= 4 is 35.6 Å². The Hall–Kier alpha value is -2.06. The fourth-order valence-electron chi connectivity index (χ4n) is 2.49. The van der Waals surface area contributed by atoms with Crippen molar-refractivity contribution in [2.75, 3.05) is 10.9 Å². The number of halogens is 1. The van der Waals surface area contributed by atoms with Crippen LogP contribution in [-0.2, 0) is 6.42 Å². The average molecular weight is 362 g/mol. The van der Waals surface area contributed by atoms with Crippen molar-refractivity contribution in [2.24, 2.45) is 0 Å². The summed E-state index contributed by atoms with van der Waals surface area (Å²) in [6, 6.07) is 7.47. The largest absolute Gasteiger partial charge is 0.538 e. The molecule has 2 heterocycles. The standard InChI is InChI=1S/C14H13BBrN3O3/c16-19-13-12(6-10(7-18-13)22-15-21)8-1-2-11-9(5-8)3-4-17-14(11)20/h1-2,5-7,15,21H,3-4H2,(H,17,20)(H,18,19). The zero-order chi connectivity index (χ0) is 15.5. The van der Waals surface area contributed by atoms with Gasteiger partial charge in [-0.3, -0.25) is 4.79 Å². The molecule has 1 aliphatic rings. The molecule has 0 saturated heterocycles. The molecule has 1 amide bonds. The molecule has 0 bridgehead atoms. The van der Waals surface area contributed by atoms with E-state index in [2.05, 4.69) is 30.8 Å². The third kappa shape index (κ3) is 2.79. The quantitative estimate of drug-likeness (QED) is 0.566. The minimum atomic E-state index is -0.410. The van der Waals surface area contributed by atoms with E-state index in [1.165, 1.54) is 6.20 Å². The number of nitrogens with one attached hydrogen (secondary N) is 2. The lowest BCUT2D eigenvalue weighted by molar-refractivity contribution is 0.0946. The number of aromatic nitrogens is 1. The number of carbonyl (C=O) groups excluding carboxylic acids is 1. The smallest absolute Gasteiger partial charge is 0.504 e. The highest BCUT2D eigenvalue weighted by molar-refractivity contribution is 9.10. The van der Waals surface area contributed by atoms with E-state index >= 15 is 0 Å². The first-order valence-corrected chi connectivity index (χ1v) is 7.54. The van der Waals surface area contributed by atoms with Crippen LogP contribution in [0.3, 0.4) is 0 Å². The monoisotopic (exact) mass is 361 g/mol. The van der Waals surface area contributed by atoms with Crippen molar-refractivity contribution in [1.82, 2.24) is 10.3 Å². The van der Waals surface area contributed by atoms with Crippen LogP contribution in [0.2, 0.25) is 0 Å². The topological polar surface area (TPSA) is 83.5 Å². The van der Waals surface area contributed by atoms with Crippen LogP contribution in [0.15, 0.2) is 30.5 Å². The Morgan fingerprint density at radius 1 is 1.36 bits per heavy atom. The summed E-state index contributed by atoms with van der Waals surface area (Å²) in [4.78, 5) is 16.1. The Bertz CT molecular complexity index is 726. The molecule has 0 unspecified atom stereocenters. The van der Waals surface area contributed by atoms with Gasteiger partial charge in [0.25, 0.3) is 5.91 Å². The van der Waals surface area contributed by atoms with Gasteiger partial charge in [-0.05, 0) is 29.7 Å². The van der Waals surface area contributed by atoms with Crippen molar-refractivity contribution in [3.63, 3.8) is 0 Å². The molecular weight excluding hydrogens is 349 g/mol. The normalized spacial score (nSPS) is 13.1. The Balaban J connectivity index is 2.06. The number of hydrogen-bond acceptors (Lipinski definition) is 5. The number of nitrogens with zero attached hydrogens (tertiary/aromatic N) is 1. The second-order valence-corrected chi connectivity index (χ2v) is 5.21.